The summed E-state index contributed by atoms with van der Waals surface area (Å²) in [7, 11) is -18.0. The minimum Gasteiger partial charge on any atom is -0.432 e. The van der Waals surface area contributed by atoms with Gasteiger partial charge in [0.1, 0.15) is 17.4 Å². The van der Waals surface area contributed by atoms with Gasteiger partial charge in [0.05, 0.1) is 0 Å². The van der Waals surface area contributed by atoms with Crippen molar-refractivity contribution in [1.29, 1.82) is 0 Å². The van der Waals surface area contributed by atoms with Crippen molar-refractivity contribution in [2.45, 2.75) is 327 Å². The monoisotopic (exact) mass is 1430 g/mol. The van der Waals surface area contributed by atoms with E-state index in [0.29, 0.717) is 6.54 Å². The molecule has 536 valence electrons. The number of hydrogen-bond acceptors (Lipinski definition) is 17. The Kier molecular flexibility index (Phi) is 47.3. The number of nitrogens with one attached hydrogen (secondary N) is 3. The van der Waals surface area contributed by atoms with Crippen molar-refractivity contribution in [3.05, 3.63) is 0 Å². The Bertz CT molecular complexity index is 1650. The maximum absolute atomic E-state index is 10.9. The molecule has 0 rings (SSSR count). The molecule has 0 fully saturated rings. The van der Waals surface area contributed by atoms with Gasteiger partial charge in [0, 0.05) is 73.6 Å². The number of aliphatic hydroxyl groups excluding tert-OH is 1. The third-order valence-corrected chi connectivity index (χ3v) is 57.4. The Morgan fingerprint density at radius 1 is 0.386 bits per heavy atom. The normalized spacial score (nSPS) is 16.1. The first kappa shape index (κ1) is 97.7. The number of nitrogens with two attached hydrogens (primary N) is 2. The largest absolute Gasteiger partial charge is 0.432 e. The van der Waals surface area contributed by atoms with Crippen LogP contribution in [0, 0.1) is 0 Å². The third kappa shape index (κ3) is 76.0. The SMILES string of the molecule is CC(=O)NCCC[Si](C)(C[Si](C)(C)C)OC(C)(C)C.CC(C)(C)O[Si](C)(CCCNCCN)C[Si](C)(C)C.CC(C)(O)O[Si](C)(C)C[Si](C)(C)O.CC(C)(O)O[Si](C)(CCCCCO)C[Si](C)(C)O.CC(C)(O)O[Si](C)(CCCNCCN)C[Si](C)(C)O. The zero-order valence-electron chi connectivity index (χ0n) is 63.5. The first-order valence-corrected chi connectivity index (χ1v) is 64.5. The van der Waals surface area contributed by atoms with E-state index in [9.17, 15) is 34.5 Å². The van der Waals surface area contributed by atoms with Crippen molar-refractivity contribution in [1.82, 2.24) is 16.0 Å². The average molecular weight is 1430 g/mol. The van der Waals surface area contributed by atoms with Crippen molar-refractivity contribution in [3.63, 3.8) is 0 Å². The van der Waals surface area contributed by atoms with Crippen LogP contribution in [0.1, 0.15) is 129 Å². The number of carbonyl (C=O) groups excluding carboxylic acids is 1. The summed E-state index contributed by atoms with van der Waals surface area (Å²) < 4.78 is 30.4. The van der Waals surface area contributed by atoms with E-state index >= 15 is 0 Å². The maximum Gasteiger partial charge on any atom is 0.216 e. The summed E-state index contributed by atoms with van der Waals surface area (Å²) >= 11 is 0. The molecule has 1 amide bonds. The van der Waals surface area contributed by atoms with E-state index in [1.54, 1.807) is 48.5 Å². The molecule has 4 atom stereocenters. The summed E-state index contributed by atoms with van der Waals surface area (Å²) in [6, 6.07) is 4.25. The van der Waals surface area contributed by atoms with Crippen molar-refractivity contribution < 1.29 is 61.7 Å². The van der Waals surface area contributed by atoms with E-state index in [1.165, 1.54) is 23.8 Å². The van der Waals surface area contributed by atoms with Crippen LogP contribution in [0.25, 0.3) is 0 Å². The molecular formula is C60H153N5O13Si10. The van der Waals surface area contributed by atoms with Crippen molar-refractivity contribution in [2.24, 2.45) is 11.5 Å². The Labute approximate surface area is 554 Å². The van der Waals surface area contributed by atoms with Crippen LogP contribution < -0.4 is 27.4 Å². The molecular weight excluding hydrogens is 1280 g/mol. The second kappa shape index (κ2) is 42.6. The second-order valence-electron chi connectivity index (χ2n) is 34.5. The molecule has 0 saturated carbocycles. The van der Waals surface area contributed by atoms with E-state index in [2.05, 4.69) is 123 Å². The lowest BCUT2D eigenvalue weighted by Crippen LogP contribution is -2.49. The maximum atomic E-state index is 10.9. The first-order chi connectivity index (χ1) is 38.7. The van der Waals surface area contributed by atoms with Gasteiger partial charge in [0.25, 0.3) is 0 Å². The summed E-state index contributed by atoms with van der Waals surface area (Å²) in [5, 5.41) is 47.6. The molecule has 0 aromatic rings. The fourth-order valence-electron chi connectivity index (χ4n) is 12.4. The van der Waals surface area contributed by atoms with Crippen LogP contribution in [0.15, 0.2) is 0 Å². The molecule has 0 heterocycles. The zero-order chi connectivity index (χ0) is 71.0. The van der Waals surface area contributed by atoms with Crippen LogP contribution in [0.4, 0.5) is 0 Å². The molecule has 28 heteroatoms. The zero-order valence-corrected chi connectivity index (χ0v) is 73.5. The Hall–Kier alpha value is 0.999. The molecule has 0 aliphatic rings. The van der Waals surface area contributed by atoms with Gasteiger partial charge in [-0.25, -0.2) is 0 Å². The highest BCUT2D eigenvalue weighted by Crippen LogP contribution is 2.33. The highest BCUT2D eigenvalue weighted by molar-refractivity contribution is 6.93. The third-order valence-electron chi connectivity index (χ3n) is 12.3. The Morgan fingerprint density at radius 2 is 0.670 bits per heavy atom. The molecule has 88 heavy (non-hydrogen) atoms. The molecule has 14 N–H and O–H groups in total. The summed E-state index contributed by atoms with van der Waals surface area (Å²) in [5.41, 5.74) is 15.7. The van der Waals surface area contributed by atoms with Gasteiger partial charge in [-0.05, 0) is 253 Å². The topological polar surface area (TPSA) is 293 Å². The van der Waals surface area contributed by atoms with E-state index in [1.807, 2.05) is 52.4 Å². The summed E-state index contributed by atoms with van der Waals surface area (Å²) in [4.78, 5) is 41.0. The molecule has 0 aliphatic carbocycles. The number of unbranched alkanes of at least 4 members (excludes halogenated alkanes) is 2. The van der Waals surface area contributed by atoms with Crippen LogP contribution in [0.2, 0.25) is 170 Å². The average Bonchev–Trinajstić information content (AvgIpc) is 3.17. The van der Waals surface area contributed by atoms with Gasteiger partial charge in [-0.2, -0.15) is 0 Å². The Balaban J connectivity index is -0.000000328. The molecule has 18 nitrogen and oxygen atoms in total. The van der Waals surface area contributed by atoms with E-state index < -0.39 is 100 Å². The van der Waals surface area contributed by atoms with Gasteiger partial charge in [-0.3, -0.25) is 4.79 Å². The van der Waals surface area contributed by atoms with Gasteiger partial charge in [0.15, 0.2) is 66.5 Å². The quantitative estimate of drug-likeness (QED) is 0.0155. The summed E-state index contributed by atoms with van der Waals surface area (Å²) in [5.74, 6) is -3.26. The molecule has 0 saturated heterocycles. The van der Waals surface area contributed by atoms with Gasteiger partial charge in [-0.1, -0.05) is 52.1 Å². The molecule has 0 bridgehead atoms. The van der Waals surface area contributed by atoms with Crippen molar-refractivity contribution in [3.8, 4) is 0 Å². The predicted molar refractivity (Wildman–Crippen MR) is 404 cm³/mol. The molecule has 0 aliphatic heterocycles. The fraction of sp³-hybridized carbons (Fsp3) is 0.983. The number of rotatable bonds is 39. The van der Waals surface area contributed by atoms with E-state index in [-0.39, 0.29) is 23.7 Å². The molecule has 0 radical (unpaired) electrons. The molecule has 0 aromatic carbocycles. The Morgan fingerprint density at radius 3 is 0.909 bits per heavy atom. The van der Waals surface area contributed by atoms with Crippen LogP contribution in [0.3, 0.4) is 0 Å². The smallest absolute Gasteiger partial charge is 0.216 e. The predicted octanol–water partition coefficient (Wildman–Crippen LogP) is 11.8. The lowest BCUT2D eigenvalue weighted by molar-refractivity contribution is -0.119. The highest BCUT2D eigenvalue weighted by Gasteiger charge is 2.43. The fourth-order valence-corrected chi connectivity index (χ4v) is 68.5. The van der Waals surface area contributed by atoms with Gasteiger partial charge in [0.2, 0.25) is 5.91 Å². The highest BCUT2D eigenvalue weighted by atomic mass is 28.4. The summed E-state index contributed by atoms with van der Waals surface area (Å²) in [6.07, 6.45) is 6.01. The van der Waals surface area contributed by atoms with E-state index in [0.717, 1.165) is 107 Å². The summed E-state index contributed by atoms with van der Waals surface area (Å²) in [6.45, 7) is 69.7. The van der Waals surface area contributed by atoms with Gasteiger partial charge in [-0.15, -0.1) is 0 Å². The van der Waals surface area contributed by atoms with E-state index in [4.69, 9.17) is 38.7 Å². The standard InChI is InChI=1S/C14H36N2OSi2.C14H33NO2Si2.C12H32N2O3Si2.C12H30O4Si2.C8H22O3Si2/c1-14(2,3)17-19(7,13-18(4,5)6)12-8-10-16-11-9-15;1-13(16)15-10-9-11-19(8,12-18(5,6)7)17-14(2,3)4;1-12(2,15)17-19(5,11-18(3,4)16)10-6-8-14-9-7-13;1-12(2,14)16-18(5,11-17(3,4)15)10-8-6-7-9-13;1-8(2,9)11-13(5,6)7-12(3,4)10/h16H,8-13,15H2,1-7H3;9-12H2,1-8H3,(H,15,16);14-16H,6-11,13H2,1-5H3;13-15H,6-11H2,1-5H3;9-10H,7H2,1-6H3. The number of hydrogen-bond donors (Lipinski definition) is 12. The lowest BCUT2D eigenvalue weighted by atomic mass is 10.2. The van der Waals surface area contributed by atoms with Crippen LogP contribution in [0.5, 0.6) is 0 Å². The molecule has 4 unspecified atom stereocenters. The number of amides is 1. The van der Waals surface area contributed by atoms with Crippen molar-refractivity contribution in [2.75, 3.05) is 52.4 Å². The molecule has 0 spiro atoms. The van der Waals surface area contributed by atoms with Crippen LogP contribution in [-0.2, 0) is 26.9 Å². The number of carbonyl (C=O) groups is 1. The lowest BCUT2D eigenvalue weighted by Gasteiger charge is -2.38. The number of aliphatic hydroxyl groups is 4. The van der Waals surface area contributed by atoms with Gasteiger partial charge >= 0.3 is 0 Å². The first-order valence-electron chi connectivity index (χ1n) is 33.2. The minimum atomic E-state index is -2.18. The van der Waals surface area contributed by atoms with Crippen LogP contribution in [-0.4, -0.2) is 204 Å². The second-order valence-corrected chi connectivity index (χ2v) is 80.8. The molecule has 0 aromatic heterocycles. The minimum absolute atomic E-state index is 0.00862. The van der Waals surface area contributed by atoms with Gasteiger partial charge < -0.3 is 84.4 Å². The van der Waals surface area contributed by atoms with Crippen LogP contribution >= 0.6 is 0 Å². The van der Waals surface area contributed by atoms with Crippen molar-refractivity contribution >= 4 is 88.6 Å².